The van der Waals surface area contributed by atoms with Gasteiger partial charge in [0, 0.05) is 5.56 Å². The number of aldehydes is 1. The Balaban J connectivity index is 2.21. The fourth-order valence-corrected chi connectivity index (χ4v) is 2.29. The average Bonchev–Trinajstić information content (AvgIpc) is 2.44. The first kappa shape index (κ1) is 15.2. The van der Waals surface area contributed by atoms with E-state index in [2.05, 4.69) is 57.2 Å². The first-order chi connectivity index (χ1) is 9.88. The highest BCUT2D eigenvalue weighted by atomic mass is 16.1. The highest BCUT2D eigenvalue weighted by Gasteiger charge is 2.12. The van der Waals surface area contributed by atoms with Crippen LogP contribution in [-0.2, 0) is 5.41 Å². The van der Waals surface area contributed by atoms with Gasteiger partial charge >= 0.3 is 0 Å². The van der Waals surface area contributed by atoms with Gasteiger partial charge in [-0.15, -0.1) is 0 Å². The molecule has 2 rings (SSSR count). The molecule has 1 heteroatoms. The third-order valence-electron chi connectivity index (χ3n) is 3.50. The molecule has 1 nitrogen and oxygen atoms in total. The Labute approximate surface area is 127 Å². The van der Waals surface area contributed by atoms with Crippen LogP contribution in [0.1, 0.15) is 53.4 Å². The molecule has 0 atom stereocenters. The van der Waals surface area contributed by atoms with Gasteiger partial charge in [0.15, 0.2) is 0 Å². The molecule has 0 bridgehead atoms. The maximum atomic E-state index is 10.9. The summed E-state index contributed by atoms with van der Waals surface area (Å²) in [5.74, 6) is 0. The summed E-state index contributed by atoms with van der Waals surface area (Å²) in [6.45, 7) is 8.64. The molecule has 0 aliphatic carbocycles. The highest BCUT2D eigenvalue weighted by Crippen LogP contribution is 2.22. The van der Waals surface area contributed by atoms with E-state index in [-0.39, 0.29) is 5.41 Å². The van der Waals surface area contributed by atoms with Gasteiger partial charge in [-0.25, -0.2) is 0 Å². The van der Waals surface area contributed by atoms with E-state index in [0.717, 1.165) is 28.5 Å². The van der Waals surface area contributed by atoms with E-state index in [1.807, 2.05) is 25.1 Å². The van der Waals surface area contributed by atoms with E-state index >= 15 is 0 Å². The van der Waals surface area contributed by atoms with Crippen molar-refractivity contribution < 1.29 is 4.79 Å². The summed E-state index contributed by atoms with van der Waals surface area (Å²) in [5.41, 5.74) is 5.55. The van der Waals surface area contributed by atoms with E-state index in [1.165, 1.54) is 5.56 Å². The number of aryl methyl sites for hydroxylation is 1. The van der Waals surface area contributed by atoms with Crippen LogP contribution in [0.25, 0.3) is 12.2 Å². The lowest BCUT2D eigenvalue weighted by Crippen LogP contribution is -2.10. The smallest absolute Gasteiger partial charge is 0.150 e. The van der Waals surface area contributed by atoms with Crippen molar-refractivity contribution in [2.75, 3.05) is 0 Å². The zero-order chi connectivity index (χ0) is 15.5. The van der Waals surface area contributed by atoms with E-state index in [0.29, 0.717) is 0 Å². The standard InChI is InChI=1S/C20H22O/c1-15-11-17(13-18(12-15)14-21)6-5-16-7-9-19(10-8-16)20(2,3)4/h5-14H,1-4H3/b6-5+. The number of carbonyl (C=O) groups excluding carboxylic acids is 1. The predicted molar refractivity (Wildman–Crippen MR) is 90.6 cm³/mol. The van der Waals surface area contributed by atoms with Crippen LogP contribution in [0, 0.1) is 6.92 Å². The maximum Gasteiger partial charge on any atom is 0.150 e. The number of carbonyl (C=O) groups is 1. The molecule has 0 saturated carbocycles. The fourth-order valence-electron chi connectivity index (χ4n) is 2.29. The zero-order valence-corrected chi connectivity index (χ0v) is 13.2. The number of hydrogen-bond acceptors (Lipinski definition) is 1. The molecule has 21 heavy (non-hydrogen) atoms. The molecule has 2 aromatic rings. The van der Waals surface area contributed by atoms with Gasteiger partial charge in [0.05, 0.1) is 0 Å². The van der Waals surface area contributed by atoms with Gasteiger partial charge in [-0.2, -0.15) is 0 Å². The molecular formula is C20H22O. The minimum Gasteiger partial charge on any atom is -0.298 e. The van der Waals surface area contributed by atoms with Crippen LogP contribution in [0.5, 0.6) is 0 Å². The van der Waals surface area contributed by atoms with Crippen molar-refractivity contribution in [2.45, 2.75) is 33.1 Å². The summed E-state index contributed by atoms with van der Waals surface area (Å²) in [7, 11) is 0. The molecule has 0 aromatic heterocycles. The van der Waals surface area contributed by atoms with Crippen LogP contribution in [0.4, 0.5) is 0 Å². The Bertz CT molecular complexity index is 655. The molecule has 0 aliphatic heterocycles. The fraction of sp³-hybridized carbons (Fsp3) is 0.250. The van der Waals surface area contributed by atoms with Crippen LogP contribution in [-0.4, -0.2) is 6.29 Å². The second-order valence-corrected chi connectivity index (χ2v) is 6.50. The van der Waals surface area contributed by atoms with Gasteiger partial charge in [-0.1, -0.05) is 63.3 Å². The number of rotatable bonds is 3. The van der Waals surface area contributed by atoms with E-state index in [4.69, 9.17) is 0 Å². The maximum absolute atomic E-state index is 10.9. The summed E-state index contributed by atoms with van der Waals surface area (Å²) in [6, 6.07) is 14.5. The van der Waals surface area contributed by atoms with Crippen LogP contribution >= 0.6 is 0 Å². The lowest BCUT2D eigenvalue weighted by molar-refractivity contribution is 0.112. The molecule has 0 unspecified atom stereocenters. The Morgan fingerprint density at radius 1 is 0.810 bits per heavy atom. The van der Waals surface area contributed by atoms with Crippen LogP contribution in [0.15, 0.2) is 42.5 Å². The summed E-state index contributed by atoms with van der Waals surface area (Å²) in [5, 5.41) is 0. The number of benzene rings is 2. The lowest BCUT2D eigenvalue weighted by atomic mass is 9.87. The third kappa shape index (κ3) is 4.16. The second kappa shape index (κ2) is 6.09. The predicted octanol–water partition coefficient (Wildman–Crippen LogP) is 5.28. The van der Waals surface area contributed by atoms with Gasteiger partial charge < -0.3 is 0 Å². The van der Waals surface area contributed by atoms with E-state index in [1.54, 1.807) is 0 Å². The monoisotopic (exact) mass is 278 g/mol. The molecule has 0 amide bonds. The minimum atomic E-state index is 0.178. The van der Waals surface area contributed by atoms with Crippen molar-refractivity contribution in [3.05, 3.63) is 70.3 Å². The zero-order valence-electron chi connectivity index (χ0n) is 13.2. The Hall–Kier alpha value is -2.15. The van der Waals surface area contributed by atoms with Crippen molar-refractivity contribution >= 4 is 18.4 Å². The first-order valence-electron chi connectivity index (χ1n) is 7.24. The van der Waals surface area contributed by atoms with Crippen molar-refractivity contribution in [1.29, 1.82) is 0 Å². The lowest BCUT2D eigenvalue weighted by Gasteiger charge is -2.18. The summed E-state index contributed by atoms with van der Waals surface area (Å²) in [6.07, 6.45) is 5.02. The van der Waals surface area contributed by atoms with Crippen molar-refractivity contribution in [1.82, 2.24) is 0 Å². The minimum absolute atomic E-state index is 0.178. The van der Waals surface area contributed by atoms with Crippen LogP contribution in [0.3, 0.4) is 0 Å². The normalized spacial score (nSPS) is 11.8. The molecule has 0 heterocycles. The Morgan fingerprint density at radius 2 is 1.38 bits per heavy atom. The van der Waals surface area contributed by atoms with Gasteiger partial charge in [-0.3, -0.25) is 4.79 Å². The van der Waals surface area contributed by atoms with Crippen LogP contribution in [0.2, 0.25) is 0 Å². The molecule has 108 valence electrons. The summed E-state index contributed by atoms with van der Waals surface area (Å²) in [4.78, 5) is 10.9. The highest BCUT2D eigenvalue weighted by molar-refractivity contribution is 5.79. The quantitative estimate of drug-likeness (QED) is 0.551. The molecule has 0 saturated heterocycles. The Morgan fingerprint density at radius 3 is 1.95 bits per heavy atom. The van der Waals surface area contributed by atoms with Gasteiger partial charge in [0.2, 0.25) is 0 Å². The summed E-state index contributed by atoms with van der Waals surface area (Å²) >= 11 is 0. The molecule has 0 aliphatic rings. The van der Waals surface area contributed by atoms with Gasteiger partial charge in [0.25, 0.3) is 0 Å². The second-order valence-electron chi connectivity index (χ2n) is 6.50. The molecule has 0 spiro atoms. The molecule has 0 radical (unpaired) electrons. The molecular weight excluding hydrogens is 256 g/mol. The van der Waals surface area contributed by atoms with Gasteiger partial charge in [0.1, 0.15) is 6.29 Å². The number of hydrogen-bond donors (Lipinski definition) is 0. The van der Waals surface area contributed by atoms with Crippen LogP contribution < -0.4 is 0 Å². The SMILES string of the molecule is Cc1cc(C=O)cc(/C=C/c2ccc(C(C)(C)C)cc2)c1. The first-order valence-corrected chi connectivity index (χ1v) is 7.24. The topological polar surface area (TPSA) is 17.1 Å². The van der Waals surface area contributed by atoms with Crippen molar-refractivity contribution in [2.24, 2.45) is 0 Å². The van der Waals surface area contributed by atoms with E-state index < -0.39 is 0 Å². The average molecular weight is 278 g/mol. The molecule has 0 N–H and O–H groups in total. The van der Waals surface area contributed by atoms with Crippen molar-refractivity contribution in [3.8, 4) is 0 Å². The largest absolute Gasteiger partial charge is 0.298 e. The van der Waals surface area contributed by atoms with E-state index in [9.17, 15) is 4.79 Å². The molecule has 0 fully saturated rings. The summed E-state index contributed by atoms with van der Waals surface area (Å²) < 4.78 is 0. The third-order valence-corrected chi connectivity index (χ3v) is 3.50. The van der Waals surface area contributed by atoms with Gasteiger partial charge in [-0.05, 0) is 46.7 Å². The van der Waals surface area contributed by atoms with Crippen molar-refractivity contribution in [3.63, 3.8) is 0 Å². The molecule has 2 aromatic carbocycles. The Kier molecular flexibility index (Phi) is 4.42.